The Labute approximate surface area is 72.3 Å². The van der Waals surface area contributed by atoms with Crippen molar-refractivity contribution in [1.82, 2.24) is 0 Å². The van der Waals surface area contributed by atoms with Crippen molar-refractivity contribution in [3.63, 3.8) is 0 Å². The van der Waals surface area contributed by atoms with Gasteiger partial charge in [-0.3, -0.25) is 0 Å². The van der Waals surface area contributed by atoms with Crippen LogP contribution in [0.4, 0.5) is 0 Å². The Kier molecular flexibility index (Phi) is 2.14. The lowest BCUT2D eigenvalue weighted by atomic mass is 10.2. The number of hydrogen-bond donors (Lipinski definition) is 2. The Morgan fingerprint density at radius 2 is 1.92 bits per heavy atom. The monoisotopic (exact) mass is 183 g/mol. The molecular weight excluding hydrogens is 178 g/mol. The highest BCUT2D eigenvalue weighted by molar-refractivity contribution is 5.98. The van der Waals surface area contributed by atoms with Gasteiger partial charge in [0.25, 0.3) is 0 Å². The minimum Gasteiger partial charge on any atom is -0.618 e. The summed E-state index contributed by atoms with van der Waals surface area (Å²) in [6.07, 6.45) is 0.926. The standard InChI is InChI=1S/C7H5NO5/c9-6(10)4-2-1-3-8(13)5(4)7(11)12/h1-3H,(H,9,10)(H,11,12). The van der Waals surface area contributed by atoms with Crippen LogP contribution in [0.1, 0.15) is 20.8 Å². The molecule has 0 amide bonds. The van der Waals surface area contributed by atoms with E-state index in [0.717, 1.165) is 12.3 Å². The second kappa shape index (κ2) is 3.10. The number of carboxylic acid groups (broad SMARTS) is 2. The van der Waals surface area contributed by atoms with Crippen molar-refractivity contribution in [2.75, 3.05) is 0 Å². The predicted octanol–water partition coefficient (Wildman–Crippen LogP) is -0.284. The van der Waals surface area contributed by atoms with Crippen LogP contribution in [0.3, 0.4) is 0 Å². The maximum absolute atomic E-state index is 10.9. The summed E-state index contributed by atoms with van der Waals surface area (Å²) in [6.45, 7) is 0. The fourth-order valence-corrected chi connectivity index (χ4v) is 0.872. The average Bonchev–Trinajstić information content (AvgIpc) is 2.02. The third-order valence-corrected chi connectivity index (χ3v) is 1.39. The zero-order valence-electron chi connectivity index (χ0n) is 6.30. The summed E-state index contributed by atoms with van der Waals surface area (Å²) in [7, 11) is 0. The maximum Gasteiger partial charge on any atom is 0.403 e. The molecule has 0 saturated heterocycles. The topological polar surface area (TPSA) is 102 Å². The van der Waals surface area contributed by atoms with E-state index in [1.807, 2.05) is 0 Å². The van der Waals surface area contributed by atoms with Crippen LogP contribution in [-0.2, 0) is 0 Å². The van der Waals surface area contributed by atoms with E-state index in [1.165, 1.54) is 6.07 Å². The van der Waals surface area contributed by atoms with E-state index in [1.54, 1.807) is 0 Å². The number of pyridine rings is 1. The molecule has 0 bridgehead atoms. The van der Waals surface area contributed by atoms with Crippen molar-refractivity contribution >= 4 is 11.9 Å². The molecule has 0 radical (unpaired) electrons. The van der Waals surface area contributed by atoms with Crippen molar-refractivity contribution in [3.8, 4) is 0 Å². The molecule has 1 rings (SSSR count). The van der Waals surface area contributed by atoms with Gasteiger partial charge in [0.15, 0.2) is 6.20 Å². The molecule has 2 N–H and O–H groups in total. The summed E-state index contributed by atoms with van der Waals surface area (Å²) < 4.78 is 0.00574. The Morgan fingerprint density at radius 1 is 1.31 bits per heavy atom. The maximum atomic E-state index is 10.9. The summed E-state index contributed by atoms with van der Waals surface area (Å²) in [6, 6.07) is 2.23. The van der Waals surface area contributed by atoms with E-state index < -0.39 is 23.2 Å². The summed E-state index contributed by atoms with van der Waals surface area (Å²) in [4.78, 5) is 20.9. The molecule has 1 heterocycles. The lowest BCUT2D eigenvalue weighted by molar-refractivity contribution is -0.608. The zero-order valence-corrected chi connectivity index (χ0v) is 6.30. The highest BCUT2D eigenvalue weighted by Crippen LogP contribution is 2.02. The average molecular weight is 183 g/mol. The number of rotatable bonds is 2. The Morgan fingerprint density at radius 3 is 2.31 bits per heavy atom. The van der Waals surface area contributed by atoms with Gasteiger partial charge in [0.1, 0.15) is 5.56 Å². The fourth-order valence-electron chi connectivity index (χ4n) is 0.872. The second-order valence-corrected chi connectivity index (χ2v) is 2.21. The van der Waals surface area contributed by atoms with Gasteiger partial charge in [-0.1, -0.05) is 0 Å². The van der Waals surface area contributed by atoms with E-state index in [4.69, 9.17) is 10.2 Å². The largest absolute Gasteiger partial charge is 0.618 e. The molecule has 0 unspecified atom stereocenters. The first-order valence-electron chi connectivity index (χ1n) is 3.23. The minimum absolute atomic E-state index is 0.00574. The number of nitrogens with zero attached hydrogens (tertiary/aromatic N) is 1. The van der Waals surface area contributed by atoms with E-state index in [9.17, 15) is 14.8 Å². The van der Waals surface area contributed by atoms with E-state index >= 15 is 0 Å². The first-order valence-corrected chi connectivity index (χ1v) is 3.23. The fraction of sp³-hybridized carbons (Fsp3) is 0. The SMILES string of the molecule is O=C(O)c1ccc[n+]([O-])c1C(=O)O. The number of aromatic carboxylic acids is 2. The van der Waals surface area contributed by atoms with E-state index in [0.29, 0.717) is 0 Å². The Balaban J connectivity index is 3.43. The van der Waals surface area contributed by atoms with Gasteiger partial charge in [0, 0.05) is 6.07 Å². The van der Waals surface area contributed by atoms with Crippen LogP contribution in [-0.4, -0.2) is 22.2 Å². The molecule has 0 aliphatic carbocycles. The summed E-state index contributed by atoms with van der Waals surface area (Å²) in [5.74, 6) is -3.00. The second-order valence-electron chi connectivity index (χ2n) is 2.21. The lowest BCUT2D eigenvalue weighted by Gasteiger charge is -2.01. The normalized spacial score (nSPS) is 9.54. The van der Waals surface area contributed by atoms with Crippen molar-refractivity contribution in [3.05, 3.63) is 34.8 Å². The molecule has 1 aromatic rings. The number of carboxylic acids is 2. The molecule has 0 saturated carbocycles. The van der Waals surface area contributed by atoms with Gasteiger partial charge in [0.05, 0.1) is 0 Å². The highest BCUT2D eigenvalue weighted by Gasteiger charge is 2.24. The van der Waals surface area contributed by atoms with Crippen LogP contribution >= 0.6 is 0 Å². The third kappa shape index (κ3) is 1.56. The molecule has 6 heteroatoms. The first-order chi connectivity index (χ1) is 6.04. The molecule has 0 aliphatic heterocycles. The van der Waals surface area contributed by atoms with Crippen molar-refractivity contribution in [2.45, 2.75) is 0 Å². The van der Waals surface area contributed by atoms with Gasteiger partial charge >= 0.3 is 17.6 Å². The molecule has 0 aromatic carbocycles. The molecular formula is C7H5NO5. The van der Waals surface area contributed by atoms with Crippen LogP contribution in [0.2, 0.25) is 0 Å². The van der Waals surface area contributed by atoms with Gasteiger partial charge in [-0.05, 0) is 6.07 Å². The van der Waals surface area contributed by atoms with Gasteiger partial charge in [0.2, 0.25) is 0 Å². The Hall–Kier alpha value is -2.11. The third-order valence-electron chi connectivity index (χ3n) is 1.39. The molecule has 1 aromatic heterocycles. The van der Waals surface area contributed by atoms with Crippen LogP contribution in [0.5, 0.6) is 0 Å². The smallest absolute Gasteiger partial charge is 0.403 e. The molecule has 0 spiro atoms. The minimum atomic E-state index is -1.56. The first kappa shape index (κ1) is 8.98. The molecule has 0 aliphatic rings. The van der Waals surface area contributed by atoms with Crippen LogP contribution in [0, 0.1) is 5.21 Å². The van der Waals surface area contributed by atoms with Crippen molar-refractivity contribution < 1.29 is 24.5 Å². The molecule has 68 valence electrons. The number of hydrogen-bond acceptors (Lipinski definition) is 3. The highest BCUT2D eigenvalue weighted by atomic mass is 16.5. The summed E-state index contributed by atoms with van der Waals surface area (Å²) in [5.41, 5.74) is -1.31. The Bertz CT molecular complexity index is 373. The zero-order chi connectivity index (χ0) is 10.0. The van der Waals surface area contributed by atoms with Crippen LogP contribution < -0.4 is 4.73 Å². The lowest BCUT2D eigenvalue weighted by Crippen LogP contribution is -2.36. The van der Waals surface area contributed by atoms with Gasteiger partial charge in [-0.25, -0.2) is 9.59 Å². The van der Waals surface area contributed by atoms with E-state index in [-0.39, 0.29) is 4.73 Å². The quantitative estimate of drug-likeness (QED) is 0.484. The molecule has 13 heavy (non-hydrogen) atoms. The van der Waals surface area contributed by atoms with Gasteiger partial charge < -0.3 is 15.4 Å². The van der Waals surface area contributed by atoms with Crippen molar-refractivity contribution in [2.24, 2.45) is 0 Å². The van der Waals surface area contributed by atoms with Gasteiger partial charge in [-0.15, -0.1) is 0 Å². The predicted molar refractivity (Wildman–Crippen MR) is 39.3 cm³/mol. The van der Waals surface area contributed by atoms with Gasteiger partial charge in [-0.2, -0.15) is 4.73 Å². The molecule has 6 nitrogen and oxygen atoms in total. The molecule has 0 atom stereocenters. The number of aromatic nitrogens is 1. The summed E-state index contributed by atoms with van der Waals surface area (Å²) >= 11 is 0. The van der Waals surface area contributed by atoms with E-state index in [2.05, 4.69) is 0 Å². The number of carbonyl (C=O) groups is 2. The van der Waals surface area contributed by atoms with Crippen LogP contribution in [0.25, 0.3) is 0 Å². The van der Waals surface area contributed by atoms with Crippen LogP contribution in [0.15, 0.2) is 18.3 Å². The molecule has 0 fully saturated rings. The van der Waals surface area contributed by atoms with Crippen molar-refractivity contribution in [1.29, 1.82) is 0 Å². The summed E-state index contributed by atoms with van der Waals surface area (Å²) in [5, 5.41) is 27.9.